The molecule has 0 aromatic heterocycles. The number of carbonyl (C=O) groups excluding carboxylic acids is 2. The fraction of sp³-hybridized carbons (Fsp3) is 0.750. The predicted octanol–water partition coefficient (Wildman–Crippen LogP) is 1.76. The van der Waals surface area contributed by atoms with Crippen LogP contribution in [-0.2, 0) is 14.3 Å². The van der Waals surface area contributed by atoms with E-state index in [4.69, 9.17) is 0 Å². The molecule has 0 spiro atoms. The molecule has 15 heavy (non-hydrogen) atoms. The second-order valence-corrected chi connectivity index (χ2v) is 3.49. The third-order valence-corrected chi connectivity index (χ3v) is 1.68. The number of hydrogen-bond donors (Lipinski definition) is 1. The van der Waals surface area contributed by atoms with Gasteiger partial charge in [0, 0.05) is 6.42 Å². The molecule has 0 N–H and O–H groups in total. The van der Waals surface area contributed by atoms with Gasteiger partial charge >= 0.3 is 5.97 Å². The average Bonchev–Trinajstić information content (AvgIpc) is 2.00. The van der Waals surface area contributed by atoms with Gasteiger partial charge in [0.1, 0.15) is 17.6 Å². The van der Waals surface area contributed by atoms with Crippen LogP contribution in [0.4, 0.5) is 13.2 Å². The Balaban J connectivity index is 3.87. The first-order valence-corrected chi connectivity index (χ1v) is 4.63. The number of alkyl halides is 3. The molecular formula is C8H11F3O3S. The van der Waals surface area contributed by atoms with E-state index in [2.05, 4.69) is 17.4 Å². The lowest BCUT2D eigenvalue weighted by molar-refractivity contribution is -0.148. The molecule has 0 aliphatic rings. The predicted molar refractivity (Wildman–Crippen MR) is 49.7 cm³/mol. The molecule has 0 saturated heterocycles. The smallest absolute Gasteiger partial charge is 0.314 e. The summed E-state index contributed by atoms with van der Waals surface area (Å²) in [7, 11) is 0. The number of hydrogen-bond acceptors (Lipinski definition) is 4. The van der Waals surface area contributed by atoms with E-state index < -0.39 is 42.6 Å². The number of Topliss-reactive ketones (excluding diaryl/α,β-unsaturated/α-hetero) is 1. The van der Waals surface area contributed by atoms with Gasteiger partial charge in [-0.1, -0.05) is 0 Å². The number of esters is 1. The Labute approximate surface area is 90.4 Å². The second kappa shape index (κ2) is 6.71. The molecule has 0 aliphatic heterocycles. The van der Waals surface area contributed by atoms with Crippen LogP contribution in [0, 0.1) is 0 Å². The van der Waals surface area contributed by atoms with Gasteiger partial charge in [-0.15, -0.1) is 12.6 Å². The van der Waals surface area contributed by atoms with Crippen LogP contribution >= 0.6 is 12.6 Å². The summed E-state index contributed by atoms with van der Waals surface area (Å²) < 4.78 is 40.3. The monoisotopic (exact) mass is 244 g/mol. The maximum absolute atomic E-state index is 12.4. The lowest BCUT2D eigenvalue weighted by atomic mass is 10.3. The Morgan fingerprint density at radius 1 is 1.33 bits per heavy atom. The van der Waals surface area contributed by atoms with Crippen LogP contribution in [0.5, 0.6) is 0 Å². The van der Waals surface area contributed by atoms with Gasteiger partial charge in [-0.25, -0.2) is 13.2 Å². The first-order valence-electron chi connectivity index (χ1n) is 4.12. The molecule has 0 radical (unpaired) electrons. The summed E-state index contributed by atoms with van der Waals surface area (Å²) in [4.78, 5) is 21.3. The summed E-state index contributed by atoms with van der Waals surface area (Å²) in [6.45, 7) is 1.17. The van der Waals surface area contributed by atoms with Crippen LogP contribution in [0.15, 0.2) is 0 Å². The largest absolute Gasteiger partial charge is 0.451 e. The molecule has 7 heteroatoms. The quantitative estimate of drug-likeness (QED) is 0.335. The van der Waals surface area contributed by atoms with Gasteiger partial charge in [0.05, 0.1) is 0 Å². The number of thiol groups is 1. The topological polar surface area (TPSA) is 43.4 Å². The first kappa shape index (κ1) is 14.3. The van der Waals surface area contributed by atoms with Crippen molar-refractivity contribution < 1.29 is 27.5 Å². The van der Waals surface area contributed by atoms with Crippen molar-refractivity contribution in [2.45, 2.75) is 37.8 Å². The van der Waals surface area contributed by atoms with Gasteiger partial charge in [-0.3, -0.25) is 9.59 Å². The molecule has 0 amide bonds. The van der Waals surface area contributed by atoms with Gasteiger partial charge in [0.25, 0.3) is 6.43 Å². The number of ether oxygens (including phenoxy) is 1. The van der Waals surface area contributed by atoms with E-state index in [1.54, 1.807) is 0 Å². The maximum Gasteiger partial charge on any atom is 0.314 e. The van der Waals surface area contributed by atoms with Crippen LogP contribution in [0.25, 0.3) is 0 Å². The highest BCUT2D eigenvalue weighted by atomic mass is 32.1. The van der Waals surface area contributed by atoms with E-state index in [1.165, 1.54) is 6.92 Å². The second-order valence-electron chi connectivity index (χ2n) is 2.91. The van der Waals surface area contributed by atoms with Crippen LogP contribution in [0.3, 0.4) is 0 Å². The van der Waals surface area contributed by atoms with Gasteiger partial charge in [-0.2, -0.15) is 0 Å². The molecule has 0 rings (SSSR count). The third-order valence-electron chi connectivity index (χ3n) is 1.36. The Morgan fingerprint density at radius 2 is 1.87 bits per heavy atom. The zero-order chi connectivity index (χ0) is 12.0. The summed E-state index contributed by atoms with van der Waals surface area (Å²) in [6, 6.07) is 0. The standard InChI is InChI=1S/C8H11F3O3S/c1-4(12)2-6(13)14-7(15)3-5(9)8(10)11/h5,7-8,15H,2-3H2,1H3. The van der Waals surface area contributed by atoms with Crippen molar-refractivity contribution >= 4 is 24.4 Å². The number of rotatable bonds is 6. The molecular weight excluding hydrogens is 233 g/mol. The Bertz CT molecular complexity index is 235. The highest BCUT2D eigenvalue weighted by Crippen LogP contribution is 2.16. The number of ketones is 1. The normalized spacial score (nSPS) is 14.8. The van der Waals surface area contributed by atoms with E-state index in [0.29, 0.717) is 0 Å². The molecule has 3 nitrogen and oxygen atoms in total. The van der Waals surface area contributed by atoms with E-state index >= 15 is 0 Å². The minimum atomic E-state index is -3.13. The Hall–Kier alpha value is -0.720. The van der Waals surface area contributed by atoms with Gasteiger partial charge in [-0.05, 0) is 6.92 Å². The summed E-state index contributed by atoms with van der Waals surface area (Å²) in [5, 5.41) is 0. The van der Waals surface area contributed by atoms with E-state index in [1.807, 2.05) is 0 Å². The van der Waals surface area contributed by atoms with Crippen molar-refractivity contribution in [2.24, 2.45) is 0 Å². The van der Waals surface area contributed by atoms with Crippen molar-refractivity contribution in [3.63, 3.8) is 0 Å². The van der Waals surface area contributed by atoms with Gasteiger partial charge in [0.2, 0.25) is 0 Å². The highest BCUT2D eigenvalue weighted by molar-refractivity contribution is 7.80. The first-order chi connectivity index (χ1) is 6.82. The Morgan fingerprint density at radius 3 is 2.27 bits per heavy atom. The summed E-state index contributed by atoms with van der Waals surface area (Å²) in [6.07, 6.45) is -6.70. The average molecular weight is 244 g/mol. The lowest BCUT2D eigenvalue weighted by Gasteiger charge is -2.14. The van der Waals surface area contributed by atoms with Crippen molar-refractivity contribution in [3.8, 4) is 0 Å². The van der Waals surface area contributed by atoms with Gasteiger partial charge < -0.3 is 4.74 Å². The van der Waals surface area contributed by atoms with E-state index in [0.717, 1.165) is 0 Å². The highest BCUT2D eigenvalue weighted by Gasteiger charge is 2.24. The molecule has 0 saturated carbocycles. The number of halogens is 3. The minimum Gasteiger partial charge on any atom is -0.451 e. The van der Waals surface area contributed by atoms with Crippen molar-refractivity contribution in [1.29, 1.82) is 0 Å². The molecule has 0 aliphatic carbocycles. The van der Waals surface area contributed by atoms with Crippen molar-refractivity contribution in [2.75, 3.05) is 0 Å². The zero-order valence-corrected chi connectivity index (χ0v) is 8.85. The third kappa shape index (κ3) is 7.24. The van der Waals surface area contributed by atoms with Crippen LogP contribution in [-0.4, -0.2) is 29.8 Å². The minimum absolute atomic E-state index is 0.425. The fourth-order valence-electron chi connectivity index (χ4n) is 0.740. The molecule has 0 aromatic rings. The molecule has 2 unspecified atom stereocenters. The SMILES string of the molecule is CC(=O)CC(=O)OC(S)CC(F)C(F)F. The summed E-state index contributed by atoms with van der Waals surface area (Å²) >= 11 is 3.60. The summed E-state index contributed by atoms with van der Waals surface area (Å²) in [5.74, 6) is -1.32. The van der Waals surface area contributed by atoms with Gasteiger partial charge in [0.15, 0.2) is 6.17 Å². The molecule has 0 bridgehead atoms. The van der Waals surface area contributed by atoms with E-state index in [-0.39, 0.29) is 0 Å². The van der Waals surface area contributed by atoms with Crippen LogP contribution in [0.1, 0.15) is 19.8 Å². The molecule has 2 atom stereocenters. The molecule has 0 fully saturated rings. The lowest BCUT2D eigenvalue weighted by Crippen LogP contribution is -2.22. The fourth-order valence-corrected chi connectivity index (χ4v) is 1.06. The maximum atomic E-state index is 12.4. The van der Waals surface area contributed by atoms with Crippen LogP contribution in [0.2, 0.25) is 0 Å². The molecule has 0 heterocycles. The zero-order valence-electron chi connectivity index (χ0n) is 7.95. The Kier molecular flexibility index (Phi) is 6.38. The van der Waals surface area contributed by atoms with Crippen LogP contribution < -0.4 is 0 Å². The number of carbonyl (C=O) groups is 2. The molecule has 88 valence electrons. The molecule has 0 aromatic carbocycles. The van der Waals surface area contributed by atoms with Crippen molar-refractivity contribution in [1.82, 2.24) is 0 Å². The van der Waals surface area contributed by atoms with E-state index in [9.17, 15) is 22.8 Å². The summed E-state index contributed by atoms with van der Waals surface area (Å²) in [5.41, 5.74) is -1.26. The van der Waals surface area contributed by atoms with Crippen molar-refractivity contribution in [3.05, 3.63) is 0 Å².